The van der Waals surface area contributed by atoms with Crippen molar-refractivity contribution in [3.63, 3.8) is 0 Å². The minimum atomic E-state index is 1.11. The van der Waals surface area contributed by atoms with Gasteiger partial charge in [-0.3, -0.25) is 4.68 Å². The Balaban J connectivity index is 2.20. The van der Waals surface area contributed by atoms with Crippen LogP contribution in [-0.4, -0.2) is 9.78 Å². The molecule has 0 unspecified atom stereocenters. The second-order valence-electron chi connectivity index (χ2n) is 3.12. The zero-order valence-corrected chi connectivity index (χ0v) is 8.09. The molecule has 0 atom stereocenters. The summed E-state index contributed by atoms with van der Waals surface area (Å²) in [6.07, 6.45) is 5.93. The zero-order chi connectivity index (χ0) is 9.80. The first-order valence-corrected chi connectivity index (χ1v) is 4.57. The fourth-order valence-electron chi connectivity index (χ4n) is 1.29. The quantitative estimate of drug-likeness (QED) is 0.701. The largest absolute Gasteiger partial charge is 0.269 e. The SMILES string of the molecule is Cn1nccc1/C=C/c1ccccc1. The summed E-state index contributed by atoms with van der Waals surface area (Å²) >= 11 is 0. The van der Waals surface area contributed by atoms with Crippen LogP contribution in [0.2, 0.25) is 0 Å². The Labute approximate surface area is 83.5 Å². The Morgan fingerprint density at radius 2 is 1.86 bits per heavy atom. The Kier molecular flexibility index (Phi) is 2.45. The van der Waals surface area contributed by atoms with Gasteiger partial charge >= 0.3 is 0 Å². The van der Waals surface area contributed by atoms with Crippen molar-refractivity contribution in [3.8, 4) is 0 Å². The number of rotatable bonds is 2. The number of aryl methyl sites for hydroxylation is 1. The highest BCUT2D eigenvalue weighted by Gasteiger charge is 1.91. The molecule has 0 aliphatic carbocycles. The average Bonchev–Trinajstić information content (AvgIpc) is 2.63. The minimum absolute atomic E-state index is 1.11. The molecule has 0 N–H and O–H groups in total. The first kappa shape index (κ1) is 8.75. The van der Waals surface area contributed by atoms with Crippen molar-refractivity contribution in [2.45, 2.75) is 0 Å². The number of aromatic nitrogens is 2. The van der Waals surface area contributed by atoms with Crippen LogP contribution in [-0.2, 0) is 7.05 Å². The van der Waals surface area contributed by atoms with E-state index in [-0.39, 0.29) is 0 Å². The van der Waals surface area contributed by atoms with Crippen LogP contribution in [0.15, 0.2) is 42.6 Å². The van der Waals surface area contributed by atoms with Crippen LogP contribution in [0.25, 0.3) is 12.2 Å². The van der Waals surface area contributed by atoms with Crippen LogP contribution in [0, 0.1) is 0 Å². The van der Waals surface area contributed by atoms with Crippen LogP contribution in [0.1, 0.15) is 11.3 Å². The second kappa shape index (κ2) is 3.92. The standard InChI is InChI=1S/C12H12N2/c1-14-12(9-10-13-14)8-7-11-5-3-2-4-6-11/h2-10H,1H3/b8-7+. The Morgan fingerprint density at radius 1 is 1.07 bits per heavy atom. The van der Waals surface area contributed by atoms with Gasteiger partial charge in [-0.2, -0.15) is 5.10 Å². The van der Waals surface area contributed by atoms with E-state index in [1.807, 2.05) is 36.0 Å². The summed E-state index contributed by atoms with van der Waals surface area (Å²) in [5.74, 6) is 0. The maximum absolute atomic E-state index is 4.09. The Morgan fingerprint density at radius 3 is 2.50 bits per heavy atom. The summed E-state index contributed by atoms with van der Waals surface area (Å²) in [6, 6.07) is 12.2. The summed E-state index contributed by atoms with van der Waals surface area (Å²) in [5, 5.41) is 4.09. The molecule has 0 radical (unpaired) electrons. The van der Waals surface area contributed by atoms with Crippen molar-refractivity contribution >= 4 is 12.2 Å². The Bertz CT molecular complexity index is 427. The van der Waals surface area contributed by atoms with E-state index in [0.717, 1.165) is 5.69 Å². The number of hydrogen-bond acceptors (Lipinski definition) is 1. The van der Waals surface area contributed by atoms with Crippen LogP contribution in [0.3, 0.4) is 0 Å². The molecule has 1 heterocycles. The van der Waals surface area contributed by atoms with Gasteiger partial charge < -0.3 is 0 Å². The summed E-state index contributed by atoms with van der Waals surface area (Å²) in [7, 11) is 1.94. The fraction of sp³-hybridized carbons (Fsp3) is 0.0833. The fourth-order valence-corrected chi connectivity index (χ4v) is 1.29. The lowest BCUT2D eigenvalue weighted by molar-refractivity contribution is 0.760. The lowest BCUT2D eigenvalue weighted by Crippen LogP contribution is -1.91. The third-order valence-corrected chi connectivity index (χ3v) is 2.10. The van der Waals surface area contributed by atoms with Gasteiger partial charge in [-0.25, -0.2) is 0 Å². The third-order valence-electron chi connectivity index (χ3n) is 2.10. The van der Waals surface area contributed by atoms with Gasteiger partial charge in [0.05, 0.1) is 5.69 Å². The first-order valence-electron chi connectivity index (χ1n) is 4.57. The van der Waals surface area contributed by atoms with Gasteiger partial charge in [-0.05, 0) is 17.7 Å². The molecule has 70 valence electrons. The highest BCUT2D eigenvalue weighted by Crippen LogP contribution is 2.06. The molecule has 0 aliphatic heterocycles. The predicted molar refractivity (Wildman–Crippen MR) is 58.6 cm³/mol. The van der Waals surface area contributed by atoms with Crippen molar-refractivity contribution in [1.82, 2.24) is 9.78 Å². The van der Waals surface area contributed by atoms with Gasteiger partial charge in [0.15, 0.2) is 0 Å². The van der Waals surface area contributed by atoms with Crippen molar-refractivity contribution < 1.29 is 0 Å². The van der Waals surface area contributed by atoms with E-state index >= 15 is 0 Å². The molecule has 0 fully saturated rings. The van der Waals surface area contributed by atoms with Crippen LogP contribution < -0.4 is 0 Å². The molecule has 1 aromatic carbocycles. The minimum Gasteiger partial charge on any atom is -0.269 e. The second-order valence-corrected chi connectivity index (χ2v) is 3.12. The number of hydrogen-bond donors (Lipinski definition) is 0. The molecule has 2 nitrogen and oxygen atoms in total. The van der Waals surface area contributed by atoms with Gasteiger partial charge in [0.2, 0.25) is 0 Å². The maximum atomic E-state index is 4.09. The molecule has 14 heavy (non-hydrogen) atoms. The van der Waals surface area contributed by atoms with E-state index in [9.17, 15) is 0 Å². The molecule has 2 heteroatoms. The molecule has 0 saturated heterocycles. The van der Waals surface area contributed by atoms with Crippen LogP contribution in [0.5, 0.6) is 0 Å². The third kappa shape index (κ3) is 1.91. The van der Waals surface area contributed by atoms with Crippen molar-refractivity contribution in [3.05, 3.63) is 53.9 Å². The molecule has 0 aliphatic rings. The first-order chi connectivity index (χ1) is 6.86. The van der Waals surface area contributed by atoms with Gasteiger partial charge in [0.1, 0.15) is 0 Å². The molecular formula is C12H12N2. The molecule has 0 saturated carbocycles. The molecule has 2 rings (SSSR count). The monoisotopic (exact) mass is 184 g/mol. The molecular weight excluding hydrogens is 172 g/mol. The smallest absolute Gasteiger partial charge is 0.0606 e. The van der Waals surface area contributed by atoms with Crippen LogP contribution in [0.4, 0.5) is 0 Å². The van der Waals surface area contributed by atoms with Crippen molar-refractivity contribution in [2.75, 3.05) is 0 Å². The summed E-state index contributed by atoms with van der Waals surface area (Å²) in [6.45, 7) is 0. The highest BCUT2D eigenvalue weighted by atomic mass is 15.2. The van der Waals surface area contributed by atoms with E-state index in [4.69, 9.17) is 0 Å². The molecule has 0 amide bonds. The molecule has 2 aromatic rings. The number of benzene rings is 1. The van der Waals surface area contributed by atoms with Crippen molar-refractivity contribution in [2.24, 2.45) is 7.05 Å². The van der Waals surface area contributed by atoms with E-state index < -0.39 is 0 Å². The van der Waals surface area contributed by atoms with Gasteiger partial charge in [-0.1, -0.05) is 36.4 Å². The molecule has 0 bridgehead atoms. The Hall–Kier alpha value is -1.83. The lowest BCUT2D eigenvalue weighted by atomic mass is 10.2. The van der Waals surface area contributed by atoms with E-state index in [1.165, 1.54) is 5.56 Å². The van der Waals surface area contributed by atoms with Gasteiger partial charge in [0, 0.05) is 13.2 Å². The normalized spacial score (nSPS) is 10.9. The lowest BCUT2D eigenvalue weighted by Gasteiger charge is -1.94. The average molecular weight is 184 g/mol. The summed E-state index contributed by atoms with van der Waals surface area (Å²) in [5.41, 5.74) is 2.31. The van der Waals surface area contributed by atoms with Crippen molar-refractivity contribution in [1.29, 1.82) is 0 Å². The predicted octanol–water partition coefficient (Wildman–Crippen LogP) is 2.59. The topological polar surface area (TPSA) is 17.8 Å². The molecule has 1 aromatic heterocycles. The summed E-state index contributed by atoms with van der Waals surface area (Å²) in [4.78, 5) is 0. The highest BCUT2D eigenvalue weighted by molar-refractivity contribution is 5.67. The maximum Gasteiger partial charge on any atom is 0.0606 e. The molecule has 0 spiro atoms. The van der Waals surface area contributed by atoms with E-state index in [2.05, 4.69) is 29.4 Å². The number of nitrogens with zero attached hydrogens (tertiary/aromatic N) is 2. The summed E-state index contributed by atoms with van der Waals surface area (Å²) < 4.78 is 1.85. The van der Waals surface area contributed by atoms with E-state index in [0.29, 0.717) is 0 Å². The van der Waals surface area contributed by atoms with E-state index in [1.54, 1.807) is 6.20 Å². The van der Waals surface area contributed by atoms with Gasteiger partial charge in [0.25, 0.3) is 0 Å². The zero-order valence-electron chi connectivity index (χ0n) is 8.09. The van der Waals surface area contributed by atoms with Gasteiger partial charge in [-0.15, -0.1) is 0 Å². The van der Waals surface area contributed by atoms with Crippen LogP contribution >= 0.6 is 0 Å².